The second-order valence-corrected chi connectivity index (χ2v) is 3.13. The van der Waals surface area contributed by atoms with Gasteiger partial charge in [-0.25, -0.2) is 13.2 Å². The average Bonchev–Trinajstić information content (AvgIpc) is 2.15. The van der Waals surface area contributed by atoms with E-state index in [2.05, 4.69) is 0 Å². The maximum Gasteiger partial charge on any atom is 0.255 e. The van der Waals surface area contributed by atoms with Crippen LogP contribution in [0, 0.1) is 5.82 Å². The van der Waals surface area contributed by atoms with Crippen LogP contribution in [0.25, 0.3) is 0 Å². The van der Waals surface area contributed by atoms with Crippen molar-refractivity contribution < 1.29 is 18.0 Å². The predicted octanol–water partition coefficient (Wildman–Crippen LogP) is 2.34. The number of alkyl halides is 2. The number of benzene rings is 1. The molecule has 0 aromatic heterocycles. The first-order valence-electron chi connectivity index (χ1n) is 4.28. The molecule has 5 heteroatoms. The molecule has 0 fully saturated rings. The highest BCUT2D eigenvalue weighted by molar-refractivity contribution is 5.77. The Kier molecular flexibility index (Phi) is 3.71. The van der Waals surface area contributed by atoms with E-state index in [9.17, 15) is 18.0 Å². The van der Waals surface area contributed by atoms with Gasteiger partial charge >= 0.3 is 0 Å². The van der Waals surface area contributed by atoms with E-state index in [0.29, 0.717) is 6.29 Å². The molecule has 1 rings (SSSR count). The number of halogens is 3. The van der Waals surface area contributed by atoms with Gasteiger partial charge in [0, 0.05) is 18.3 Å². The molecule has 0 saturated carbocycles. The molecule has 0 aliphatic rings. The average molecular weight is 217 g/mol. The molecule has 0 radical (unpaired) electrons. The van der Waals surface area contributed by atoms with E-state index < -0.39 is 18.8 Å². The lowest BCUT2D eigenvalue weighted by Gasteiger charge is -2.18. The Morgan fingerprint density at radius 3 is 2.60 bits per heavy atom. The molecule has 0 aliphatic heterocycles. The van der Waals surface area contributed by atoms with Crippen LogP contribution in [-0.4, -0.2) is 26.3 Å². The summed E-state index contributed by atoms with van der Waals surface area (Å²) >= 11 is 0. The summed E-state index contributed by atoms with van der Waals surface area (Å²) in [6.07, 6.45) is -2.03. The van der Waals surface area contributed by atoms with Gasteiger partial charge in [0.05, 0.1) is 6.54 Å². The number of aldehydes is 1. The minimum absolute atomic E-state index is 0.131. The number of nitrogens with zero attached hydrogens (tertiary/aromatic N) is 1. The van der Waals surface area contributed by atoms with Gasteiger partial charge < -0.3 is 4.90 Å². The zero-order chi connectivity index (χ0) is 11.4. The van der Waals surface area contributed by atoms with Crippen molar-refractivity contribution in [3.63, 3.8) is 0 Å². The van der Waals surface area contributed by atoms with Crippen molar-refractivity contribution >= 4 is 12.0 Å². The molecule has 0 bridgehead atoms. The first-order chi connectivity index (χ1) is 7.02. The van der Waals surface area contributed by atoms with Crippen LogP contribution in [0.3, 0.4) is 0 Å². The Bertz CT molecular complexity index is 355. The maximum absolute atomic E-state index is 12.9. The largest absolute Gasteiger partial charge is 0.369 e. The van der Waals surface area contributed by atoms with Crippen LogP contribution in [0.5, 0.6) is 0 Å². The van der Waals surface area contributed by atoms with E-state index >= 15 is 0 Å². The smallest absolute Gasteiger partial charge is 0.255 e. The van der Waals surface area contributed by atoms with Gasteiger partial charge in [0.1, 0.15) is 12.1 Å². The van der Waals surface area contributed by atoms with Crippen molar-refractivity contribution in [3.05, 3.63) is 29.6 Å². The van der Waals surface area contributed by atoms with Crippen molar-refractivity contribution in [3.8, 4) is 0 Å². The Morgan fingerprint density at radius 1 is 1.40 bits per heavy atom. The van der Waals surface area contributed by atoms with Crippen molar-refractivity contribution in [2.45, 2.75) is 6.43 Å². The number of anilines is 1. The third kappa shape index (κ3) is 3.27. The third-order valence-electron chi connectivity index (χ3n) is 1.89. The van der Waals surface area contributed by atoms with Gasteiger partial charge in [-0.1, -0.05) is 0 Å². The standard InChI is InChI=1S/C10H10F3NO/c1-14(5-10(12)13)9-3-7(6-15)2-8(11)4-9/h2-4,6,10H,5H2,1H3. The summed E-state index contributed by atoms with van der Waals surface area (Å²) in [6, 6.07) is 3.51. The van der Waals surface area contributed by atoms with E-state index in [4.69, 9.17) is 0 Å². The molecule has 2 nitrogen and oxygen atoms in total. The quantitative estimate of drug-likeness (QED) is 0.721. The summed E-state index contributed by atoms with van der Waals surface area (Å²) < 4.78 is 37.0. The van der Waals surface area contributed by atoms with Crippen LogP contribution in [0.15, 0.2) is 18.2 Å². The van der Waals surface area contributed by atoms with Gasteiger partial charge in [-0.15, -0.1) is 0 Å². The molecule has 0 atom stereocenters. The van der Waals surface area contributed by atoms with Crippen LogP contribution < -0.4 is 4.90 Å². The molecule has 82 valence electrons. The minimum atomic E-state index is -2.50. The fraction of sp³-hybridized carbons (Fsp3) is 0.300. The monoisotopic (exact) mass is 217 g/mol. The Morgan fingerprint density at radius 2 is 2.07 bits per heavy atom. The van der Waals surface area contributed by atoms with Crippen molar-refractivity contribution in [1.82, 2.24) is 0 Å². The predicted molar refractivity (Wildman–Crippen MR) is 51.1 cm³/mol. The van der Waals surface area contributed by atoms with Crippen LogP contribution in [0.1, 0.15) is 10.4 Å². The summed E-state index contributed by atoms with van der Waals surface area (Å²) in [5.74, 6) is -0.615. The highest BCUT2D eigenvalue weighted by Crippen LogP contribution is 2.17. The fourth-order valence-electron chi connectivity index (χ4n) is 1.20. The molecule has 0 amide bonds. The Balaban J connectivity index is 2.92. The number of hydrogen-bond acceptors (Lipinski definition) is 2. The number of hydrogen-bond donors (Lipinski definition) is 0. The molecule has 0 saturated heterocycles. The van der Waals surface area contributed by atoms with E-state index in [0.717, 1.165) is 12.1 Å². The van der Waals surface area contributed by atoms with Crippen molar-refractivity contribution in [2.75, 3.05) is 18.5 Å². The van der Waals surface area contributed by atoms with Gasteiger partial charge in [-0.2, -0.15) is 0 Å². The molecular formula is C10H10F3NO. The topological polar surface area (TPSA) is 20.3 Å². The first kappa shape index (κ1) is 11.6. The maximum atomic E-state index is 12.9. The fourth-order valence-corrected chi connectivity index (χ4v) is 1.20. The molecule has 1 aromatic rings. The van der Waals surface area contributed by atoms with Crippen molar-refractivity contribution in [2.24, 2.45) is 0 Å². The Hall–Kier alpha value is -1.52. The lowest BCUT2D eigenvalue weighted by Crippen LogP contribution is -2.24. The van der Waals surface area contributed by atoms with E-state index in [-0.39, 0.29) is 11.3 Å². The summed E-state index contributed by atoms with van der Waals surface area (Å²) in [5.41, 5.74) is 0.392. The van der Waals surface area contributed by atoms with Crippen LogP contribution >= 0.6 is 0 Å². The lowest BCUT2D eigenvalue weighted by atomic mass is 10.2. The molecule has 0 unspecified atom stereocenters. The van der Waals surface area contributed by atoms with E-state index in [1.165, 1.54) is 18.0 Å². The van der Waals surface area contributed by atoms with Crippen LogP contribution in [-0.2, 0) is 0 Å². The molecule has 15 heavy (non-hydrogen) atoms. The van der Waals surface area contributed by atoms with E-state index in [1.54, 1.807) is 0 Å². The molecular weight excluding hydrogens is 207 g/mol. The molecule has 0 spiro atoms. The van der Waals surface area contributed by atoms with Gasteiger partial charge in [-0.05, 0) is 18.2 Å². The minimum Gasteiger partial charge on any atom is -0.369 e. The summed E-state index contributed by atoms with van der Waals surface area (Å²) in [7, 11) is 1.41. The number of carbonyl (C=O) groups is 1. The highest BCUT2D eigenvalue weighted by Gasteiger charge is 2.10. The molecule has 1 aromatic carbocycles. The molecule has 0 aliphatic carbocycles. The summed E-state index contributed by atoms with van der Waals surface area (Å²) in [5, 5.41) is 0. The zero-order valence-electron chi connectivity index (χ0n) is 8.08. The van der Waals surface area contributed by atoms with Crippen molar-refractivity contribution in [1.29, 1.82) is 0 Å². The van der Waals surface area contributed by atoms with Gasteiger partial charge in [0.15, 0.2) is 0 Å². The second kappa shape index (κ2) is 4.82. The third-order valence-corrected chi connectivity index (χ3v) is 1.89. The summed E-state index contributed by atoms with van der Waals surface area (Å²) in [4.78, 5) is 11.6. The highest BCUT2D eigenvalue weighted by atomic mass is 19.3. The Labute approximate surface area is 85.3 Å². The number of rotatable bonds is 4. The van der Waals surface area contributed by atoms with Gasteiger partial charge in [-0.3, -0.25) is 4.79 Å². The van der Waals surface area contributed by atoms with Crippen LogP contribution in [0.4, 0.5) is 18.9 Å². The van der Waals surface area contributed by atoms with Gasteiger partial charge in [0.2, 0.25) is 0 Å². The molecule has 0 N–H and O–H groups in total. The lowest BCUT2D eigenvalue weighted by molar-refractivity contribution is 0.112. The second-order valence-electron chi connectivity index (χ2n) is 3.13. The number of carbonyl (C=O) groups excluding carboxylic acids is 1. The summed E-state index contributed by atoms with van der Waals surface area (Å²) in [6.45, 7) is -0.498. The van der Waals surface area contributed by atoms with Crippen LogP contribution in [0.2, 0.25) is 0 Å². The molecule has 0 heterocycles. The SMILES string of the molecule is CN(CC(F)F)c1cc(F)cc(C=O)c1. The normalized spacial score (nSPS) is 10.5. The van der Waals surface area contributed by atoms with Gasteiger partial charge in [0.25, 0.3) is 6.43 Å². The zero-order valence-corrected chi connectivity index (χ0v) is 8.08. The van der Waals surface area contributed by atoms with E-state index in [1.807, 2.05) is 0 Å². The first-order valence-corrected chi connectivity index (χ1v) is 4.28.